The Bertz CT molecular complexity index is 1250. The van der Waals surface area contributed by atoms with Crippen molar-refractivity contribution in [3.63, 3.8) is 0 Å². The van der Waals surface area contributed by atoms with Crippen LogP contribution < -0.4 is 0 Å². The number of nitrogens with zero attached hydrogens (tertiary/aromatic N) is 3. The van der Waals surface area contributed by atoms with Gasteiger partial charge in [0.1, 0.15) is 5.69 Å². The molecule has 0 saturated carbocycles. The highest BCUT2D eigenvalue weighted by molar-refractivity contribution is 7.08. The van der Waals surface area contributed by atoms with Gasteiger partial charge in [0.2, 0.25) is 5.91 Å². The summed E-state index contributed by atoms with van der Waals surface area (Å²) in [7, 11) is 0. The molecule has 5 rings (SSSR count). The summed E-state index contributed by atoms with van der Waals surface area (Å²) in [5.74, 6) is -0.355. The molecule has 2 fully saturated rings. The second-order valence-corrected chi connectivity index (χ2v) is 10.1. The van der Waals surface area contributed by atoms with Crippen LogP contribution >= 0.6 is 11.3 Å². The van der Waals surface area contributed by atoms with Crippen LogP contribution in [0.25, 0.3) is 6.08 Å². The molecule has 0 radical (unpaired) electrons. The van der Waals surface area contributed by atoms with Gasteiger partial charge in [0.25, 0.3) is 5.91 Å². The van der Waals surface area contributed by atoms with E-state index in [0.717, 1.165) is 24.8 Å². The fourth-order valence-corrected chi connectivity index (χ4v) is 5.64. The minimum atomic E-state index is -0.196. The number of piperidine rings is 1. The molecular formula is C28H27N3O3S. The first-order chi connectivity index (χ1) is 17.0. The van der Waals surface area contributed by atoms with Gasteiger partial charge in [-0.1, -0.05) is 30.3 Å². The second-order valence-electron chi connectivity index (χ2n) is 9.29. The molecular weight excluding hydrogens is 458 g/mol. The topological polar surface area (TPSA) is 70.6 Å². The van der Waals surface area contributed by atoms with Crippen molar-refractivity contribution in [1.29, 1.82) is 0 Å². The highest BCUT2D eigenvalue weighted by atomic mass is 32.1. The van der Waals surface area contributed by atoms with E-state index in [1.165, 1.54) is 0 Å². The van der Waals surface area contributed by atoms with Crippen LogP contribution in [0, 0.1) is 5.41 Å². The average Bonchev–Trinajstić information content (AvgIpc) is 3.58. The van der Waals surface area contributed by atoms with E-state index in [9.17, 15) is 14.4 Å². The van der Waals surface area contributed by atoms with Crippen LogP contribution in [0.4, 0.5) is 0 Å². The maximum atomic E-state index is 13.4. The predicted molar refractivity (Wildman–Crippen MR) is 136 cm³/mol. The number of amides is 2. The first-order valence-corrected chi connectivity index (χ1v) is 12.8. The Kier molecular flexibility index (Phi) is 6.59. The number of benzene rings is 1. The zero-order chi connectivity index (χ0) is 24.3. The first-order valence-electron chi connectivity index (χ1n) is 11.9. The monoisotopic (exact) mass is 485 g/mol. The molecule has 2 amide bonds. The Labute approximate surface area is 208 Å². The summed E-state index contributed by atoms with van der Waals surface area (Å²) in [5.41, 5.74) is 2.15. The van der Waals surface area contributed by atoms with Crippen molar-refractivity contribution in [3.8, 4) is 0 Å². The van der Waals surface area contributed by atoms with E-state index in [1.807, 2.05) is 50.9 Å². The van der Waals surface area contributed by atoms with E-state index < -0.39 is 0 Å². The number of carbonyl (C=O) groups excluding carboxylic acids is 3. The van der Waals surface area contributed by atoms with Crippen LogP contribution in [0.2, 0.25) is 0 Å². The molecule has 0 aliphatic carbocycles. The number of pyridine rings is 1. The third kappa shape index (κ3) is 4.95. The van der Waals surface area contributed by atoms with Crippen molar-refractivity contribution in [2.75, 3.05) is 26.2 Å². The molecule has 0 unspecified atom stereocenters. The summed E-state index contributed by atoms with van der Waals surface area (Å²) in [4.78, 5) is 47.1. The lowest BCUT2D eigenvalue weighted by Gasteiger charge is -2.38. The Hall–Kier alpha value is -3.58. The van der Waals surface area contributed by atoms with Gasteiger partial charge >= 0.3 is 0 Å². The molecule has 0 N–H and O–H groups in total. The Balaban J connectivity index is 1.23. The number of thiophene rings is 1. The number of aromatic nitrogens is 1. The molecule has 7 heteroatoms. The fourth-order valence-electron chi connectivity index (χ4n) is 5.01. The molecule has 1 aromatic carbocycles. The van der Waals surface area contributed by atoms with Crippen LogP contribution in [0.15, 0.2) is 71.6 Å². The summed E-state index contributed by atoms with van der Waals surface area (Å²) < 4.78 is 0. The van der Waals surface area contributed by atoms with E-state index in [1.54, 1.807) is 47.9 Å². The average molecular weight is 486 g/mol. The van der Waals surface area contributed by atoms with Crippen LogP contribution in [0.5, 0.6) is 0 Å². The summed E-state index contributed by atoms with van der Waals surface area (Å²) >= 11 is 1.61. The van der Waals surface area contributed by atoms with Gasteiger partial charge in [-0.3, -0.25) is 19.4 Å². The minimum absolute atomic E-state index is 0.0158. The molecule has 1 spiro atoms. The summed E-state index contributed by atoms with van der Waals surface area (Å²) in [6, 6.07) is 14.3. The van der Waals surface area contributed by atoms with E-state index in [4.69, 9.17) is 0 Å². The van der Waals surface area contributed by atoms with Crippen LogP contribution in [-0.4, -0.2) is 58.6 Å². The van der Waals surface area contributed by atoms with Crippen molar-refractivity contribution in [2.24, 2.45) is 5.41 Å². The summed E-state index contributed by atoms with van der Waals surface area (Å²) in [6.45, 7) is 2.65. The molecule has 6 nitrogen and oxygen atoms in total. The molecule has 0 bridgehead atoms. The van der Waals surface area contributed by atoms with Crippen molar-refractivity contribution in [2.45, 2.75) is 19.3 Å². The van der Waals surface area contributed by atoms with Gasteiger partial charge < -0.3 is 9.80 Å². The van der Waals surface area contributed by atoms with Crippen LogP contribution in [-0.2, 0) is 4.79 Å². The lowest BCUT2D eigenvalue weighted by molar-refractivity contribution is -0.128. The number of likely N-dealkylation sites (tertiary alicyclic amines) is 2. The molecule has 2 aliphatic heterocycles. The normalized spacial score (nSPS) is 17.3. The Morgan fingerprint density at radius 3 is 2.37 bits per heavy atom. The first kappa shape index (κ1) is 23.2. The second kappa shape index (κ2) is 9.96. The van der Waals surface area contributed by atoms with Gasteiger partial charge in [-0.2, -0.15) is 11.3 Å². The van der Waals surface area contributed by atoms with Crippen LogP contribution in [0.3, 0.4) is 0 Å². The Morgan fingerprint density at radius 2 is 1.66 bits per heavy atom. The van der Waals surface area contributed by atoms with Crippen molar-refractivity contribution in [3.05, 3.63) is 93.9 Å². The largest absolute Gasteiger partial charge is 0.339 e. The summed E-state index contributed by atoms with van der Waals surface area (Å²) in [5, 5.41) is 4.01. The van der Waals surface area contributed by atoms with E-state index in [2.05, 4.69) is 4.98 Å². The standard InChI is InChI=1S/C28H27N3O3S/c32-24(9-8-21-10-18-35-19-21)30-15-11-28(12-16-30)13-17-31(20-28)27(34)25-23(7-4-14-29-25)26(33)22-5-2-1-3-6-22/h1-10,14,18-19H,11-13,15-17,20H2/b9-8+. The smallest absolute Gasteiger partial charge is 0.273 e. The van der Waals surface area contributed by atoms with E-state index >= 15 is 0 Å². The zero-order valence-corrected chi connectivity index (χ0v) is 20.2. The van der Waals surface area contributed by atoms with Gasteiger partial charge in [-0.15, -0.1) is 0 Å². The number of carbonyl (C=O) groups is 3. The molecule has 178 valence electrons. The molecule has 3 aromatic rings. The highest BCUT2D eigenvalue weighted by Gasteiger charge is 2.43. The number of ketones is 1. The SMILES string of the molecule is O=C(c1ccccc1)c1cccnc1C(=O)N1CCC2(CCN(C(=O)/C=C/c3ccsc3)CC2)C1. The maximum Gasteiger partial charge on any atom is 0.273 e. The lowest BCUT2D eigenvalue weighted by Crippen LogP contribution is -2.44. The minimum Gasteiger partial charge on any atom is -0.339 e. The van der Waals surface area contributed by atoms with Gasteiger partial charge in [0, 0.05) is 44.0 Å². The predicted octanol–water partition coefficient (Wildman–Crippen LogP) is 4.54. The zero-order valence-electron chi connectivity index (χ0n) is 19.4. The molecule has 35 heavy (non-hydrogen) atoms. The molecule has 2 aliphatic rings. The number of rotatable bonds is 5. The molecule has 4 heterocycles. The quantitative estimate of drug-likeness (QED) is 0.393. The van der Waals surface area contributed by atoms with Gasteiger partial charge in [-0.05, 0) is 65.3 Å². The maximum absolute atomic E-state index is 13.4. The van der Waals surface area contributed by atoms with E-state index in [-0.39, 0.29) is 28.7 Å². The molecule has 2 aromatic heterocycles. The van der Waals surface area contributed by atoms with Gasteiger partial charge in [0.15, 0.2) is 5.78 Å². The summed E-state index contributed by atoms with van der Waals surface area (Å²) in [6.07, 6.45) is 7.71. The van der Waals surface area contributed by atoms with Crippen molar-refractivity contribution >= 4 is 35.0 Å². The number of hydrogen-bond acceptors (Lipinski definition) is 5. The van der Waals surface area contributed by atoms with Crippen molar-refractivity contribution in [1.82, 2.24) is 14.8 Å². The highest BCUT2D eigenvalue weighted by Crippen LogP contribution is 2.41. The number of hydrogen-bond donors (Lipinski definition) is 0. The van der Waals surface area contributed by atoms with E-state index in [0.29, 0.717) is 37.3 Å². The third-order valence-electron chi connectivity index (χ3n) is 7.11. The Morgan fingerprint density at radius 1 is 0.914 bits per heavy atom. The molecule has 2 saturated heterocycles. The lowest BCUT2D eigenvalue weighted by atomic mass is 9.78. The third-order valence-corrected chi connectivity index (χ3v) is 7.82. The molecule has 0 atom stereocenters. The fraction of sp³-hybridized carbons (Fsp3) is 0.286. The van der Waals surface area contributed by atoms with Gasteiger partial charge in [-0.25, -0.2) is 0 Å². The van der Waals surface area contributed by atoms with Crippen molar-refractivity contribution < 1.29 is 14.4 Å². The van der Waals surface area contributed by atoms with Gasteiger partial charge in [0.05, 0.1) is 5.56 Å². The van der Waals surface area contributed by atoms with Crippen LogP contribution in [0.1, 0.15) is 51.2 Å².